The lowest BCUT2D eigenvalue weighted by Gasteiger charge is -2.01. The molecule has 9 heteroatoms. The third-order valence-electron chi connectivity index (χ3n) is 2.19. The summed E-state index contributed by atoms with van der Waals surface area (Å²) in [6.07, 6.45) is 1.67. The second-order valence-corrected chi connectivity index (χ2v) is 4.11. The van der Waals surface area contributed by atoms with Crippen LogP contribution in [0.5, 0.6) is 0 Å². The van der Waals surface area contributed by atoms with Gasteiger partial charge >= 0.3 is 5.95 Å². The van der Waals surface area contributed by atoms with E-state index < -0.39 is 10.9 Å². The molecule has 2 rings (SSSR count). The number of aromatic nitrogens is 4. The molecule has 1 N–H and O–H groups in total. The van der Waals surface area contributed by atoms with E-state index in [2.05, 4.69) is 36.3 Å². The number of rotatable bonds is 4. The highest BCUT2D eigenvalue weighted by atomic mass is 79.9. The van der Waals surface area contributed by atoms with E-state index in [-0.39, 0.29) is 0 Å². The molecule has 2 aromatic heterocycles. The van der Waals surface area contributed by atoms with Crippen LogP contribution in [0, 0.1) is 10.1 Å². The molecule has 0 aliphatic heterocycles. The molecular formula is C9H9BrN6O2. The van der Waals surface area contributed by atoms with Crippen LogP contribution in [-0.4, -0.2) is 31.7 Å². The predicted octanol–water partition coefficient (Wildman–Crippen LogP) is 1.43. The van der Waals surface area contributed by atoms with Crippen molar-refractivity contribution in [2.75, 3.05) is 12.4 Å². The van der Waals surface area contributed by atoms with Crippen molar-refractivity contribution in [1.82, 2.24) is 19.7 Å². The Hall–Kier alpha value is -2.03. The molecule has 0 aliphatic carbocycles. The molecule has 0 bridgehead atoms. The van der Waals surface area contributed by atoms with Gasteiger partial charge in [0.05, 0.1) is 6.54 Å². The maximum absolute atomic E-state index is 10.5. The van der Waals surface area contributed by atoms with E-state index in [1.807, 2.05) is 12.1 Å². The third-order valence-corrected chi connectivity index (χ3v) is 2.78. The fourth-order valence-corrected chi connectivity index (χ4v) is 1.69. The Kier molecular flexibility index (Phi) is 3.51. The van der Waals surface area contributed by atoms with Crippen LogP contribution in [0.25, 0.3) is 0 Å². The zero-order chi connectivity index (χ0) is 13.1. The van der Waals surface area contributed by atoms with Crippen molar-refractivity contribution >= 4 is 27.7 Å². The minimum absolute atomic E-state index is 0.312. The van der Waals surface area contributed by atoms with Crippen molar-refractivity contribution in [3.05, 3.63) is 38.7 Å². The van der Waals surface area contributed by atoms with E-state index in [4.69, 9.17) is 0 Å². The summed E-state index contributed by atoms with van der Waals surface area (Å²) in [6, 6.07) is 3.67. The number of pyridine rings is 1. The summed E-state index contributed by atoms with van der Waals surface area (Å²) in [5.74, 6) is 0.323. The number of anilines is 1. The minimum Gasteiger partial charge on any atom is -0.390 e. The topological polar surface area (TPSA) is 98.8 Å². The van der Waals surface area contributed by atoms with Crippen molar-refractivity contribution in [1.29, 1.82) is 0 Å². The van der Waals surface area contributed by atoms with Gasteiger partial charge in [-0.15, -0.1) is 0 Å². The third kappa shape index (κ3) is 2.62. The number of nitrogens with zero attached hydrogens (tertiary/aromatic N) is 5. The SMILES string of the molecule is CNc1ccc(Cn2nc([N+](=O)[O-])nc2Br)cn1. The second kappa shape index (κ2) is 5.08. The predicted molar refractivity (Wildman–Crippen MR) is 67.3 cm³/mol. The maximum atomic E-state index is 10.5. The fraction of sp³-hybridized carbons (Fsp3) is 0.222. The first-order valence-electron chi connectivity index (χ1n) is 4.97. The average Bonchev–Trinajstić information content (AvgIpc) is 2.72. The summed E-state index contributed by atoms with van der Waals surface area (Å²) in [5, 5.41) is 17.2. The van der Waals surface area contributed by atoms with Gasteiger partial charge in [0.25, 0.3) is 4.73 Å². The molecule has 0 fully saturated rings. The van der Waals surface area contributed by atoms with Crippen LogP contribution in [0.15, 0.2) is 23.1 Å². The van der Waals surface area contributed by atoms with Gasteiger partial charge in [0.2, 0.25) is 0 Å². The Labute approximate surface area is 110 Å². The highest BCUT2D eigenvalue weighted by molar-refractivity contribution is 9.10. The molecule has 94 valence electrons. The van der Waals surface area contributed by atoms with Crippen LogP contribution in [0.4, 0.5) is 11.8 Å². The number of nitro groups is 1. The Bertz CT molecular complexity index is 567. The maximum Gasteiger partial charge on any atom is 0.492 e. The zero-order valence-electron chi connectivity index (χ0n) is 9.37. The van der Waals surface area contributed by atoms with Gasteiger partial charge in [-0.25, -0.2) is 4.98 Å². The van der Waals surface area contributed by atoms with Crippen LogP contribution >= 0.6 is 15.9 Å². The molecule has 2 heterocycles. The minimum atomic E-state index is -0.635. The number of hydrogen-bond donors (Lipinski definition) is 1. The van der Waals surface area contributed by atoms with Crippen molar-refractivity contribution in [2.24, 2.45) is 0 Å². The standard InChI is InChI=1S/C9H9BrN6O2/c1-11-7-3-2-6(4-12-7)5-15-8(10)13-9(14-15)16(17)18/h2-4H,5H2,1H3,(H,11,12). The van der Waals surface area contributed by atoms with Gasteiger partial charge in [-0.2, -0.15) is 4.68 Å². The number of nitrogens with one attached hydrogen (secondary N) is 1. The lowest BCUT2D eigenvalue weighted by Crippen LogP contribution is -2.03. The van der Waals surface area contributed by atoms with Crippen LogP contribution in [0.2, 0.25) is 0 Å². The van der Waals surface area contributed by atoms with Gasteiger partial charge in [0.15, 0.2) is 0 Å². The number of hydrogen-bond acceptors (Lipinski definition) is 6. The van der Waals surface area contributed by atoms with E-state index in [1.54, 1.807) is 13.2 Å². The molecule has 0 saturated heterocycles. The van der Waals surface area contributed by atoms with Gasteiger partial charge in [-0.3, -0.25) is 0 Å². The average molecular weight is 313 g/mol. The normalized spacial score (nSPS) is 10.3. The molecule has 0 radical (unpaired) electrons. The molecular weight excluding hydrogens is 304 g/mol. The molecule has 0 aromatic carbocycles. The summed E-state index contributed by atoms with van der Waals surface area (Å²) >= 11 is 3.12. The molecule has 0 aliphatic rings. The molecule has 0 spiro atoms. The zero-order valence-corrected chi connectivity index (χ0v) is 11.0. The van der Waals surface area contributed by atoms with Crippen molar-refractivity contribution in [2.45, 2.75) is 6.54 Å². The summed E-state index contributed by atoms with van der Waals surface area (Å²) in [4.78, 5) is 17.7. The van der Waals surface area contributed by atoms with Crippen molar-refractivity contribution in [3.8, 4) is 0 Å². The fourth-order valence-electron chi connectivity index (χ4n) is 1.33. The van der Waals surface area contributed by atoms with Crippen LogP contribution < -0.4 is 5.32 Å². The molecule has 0 amide bonds. The number of halogens is 1. The van der Waals surface area contributed by atoms with E-state index in [1.165, 1.54) is 4.68 Å². The molecule has 0 atom stereocenters. The van der Waals surface area contributed by atoms with Gasteiger partial charge in [-0.1, -0.05) is 6.07 Å². The van der Waals surface area contributed by atoms with Gasteiger partial charge in [-0.05, 0) is 21.5 Å². The van der Waals surface area contributed by atoms with Gasteiger partial charge in [0.1, 0.15) is 5.82 Å². The second-order valence-electron chi connectivity index (χ2n) is 3.40. The lowest BCUT2D eigenvalue weighted by atomic mass is 10.3. The van der Waals surface area contributed by atoms with E-state index >= 15 is 0 Å². The molecule has 0 saturated carbocycles. The Morgan fingerprint density at radius 2 is 2.33 bits per heavy atom. The Morgan fingerprint density at radius 3 is 2.83 bits per heavy atom. The van der Waals surface area contributed by atoms with Gasteiger partial charge in [0, 0.05) is 34.3 Å². The van der Waals surface area contributed by atoms with Crippen LogP contribution in [0.1, 0.15) is 5.56 Å². The quantitative estimate of drug-likeness (QED) is 0.677. The monoisotopic (exact) mass is 312 g/mol. The molecule has 18 heavy (non-hydrogen) atoms. The first-order chi connectivity index (χ1) is 8.60. The van der Waals surface area contributed by atoms with Crippen LogP contribution in [-0.2, 0) is 6.54 Å². The van der Waals surface area contributed by atoms with E-state index in [9.17, 15) is 10.1 Å². The molecule has 2 aromatic rings. The van der Waals surface area contributed by atoms with Crippen molar-refractivity contribution < 1.29 is 4.92 Å². The lowest BCUT2D eigenvalue weighted by molar-refractivity contribution is -0.394. The molecule has 0 unspecified atom stereocenters. The molecule has 8 nitrogen and oxygen atoms in total. The smallest absolute Gasteiger partial charge is 0.390 e. The van der Waals surface area contributed by atoms with E-state index in [0.717, 1.165) is 11.4 Å². The first kappa shape index (κ1) is 12.4. The summed E-state index contributed by atoms with van der Waals surface area (Å²) in [5.41, 5.74) is 0.870. The highest BCUT2D eigenvalue weighted by Gasteiger charge is 2.19. The Balaban J connectivity index is 2.19. The highest BCUT2D eigenvalue weighted by Crippen LogP contribution is 2.14. The van der Waals surface area contributed by atoms with Crippen LogP contribution in [0.3, 0.4) is 0 Å². The summed E-state index contributed by atoms with van der Waals surface area (Å²) in [7, 11) is 1.78. The Morgan fingerprint density at radius 1 is 1.56 bits per heavy atom. The first-order valence-corrected chi connectivity index (χ1v) is 5.77. The largest absolute Gasteiger partial charge is 0.492 e. The van der Waals surface area contributed by atoms with Crippen molar-refractivity contribution in [3.63, 3.8) is 0 Å². The van der Waals surface area contributed by atoms with Gasteiger partial charge < -0.3 is 15.4 Å². The van der Waals surface area contributed by atoms with E-state index in [0.29, 0.717) is 11.3 Å². The summed E-state index contributed by atoms with van der Waals surface area (Å²) in [6.45, 7) is 0.360. The summed E-state index contributed by atoms with van der Waals surface area (Å²) < 4.78 is 1.71.